The van der Waals surface area contributed by atoms with Crippen LogP contribution in [0, 0.1) is 17.1 Å². The number of anilines is 1. The molecule has 0 aliphatic rings. The van der Waals surface area contributed by atoms with Gasteiger partial charge in [-0.15, -0.1) is 0 Å². The first kappa shape index (κ1) is 22.2. The Labute approximate surface area is 184 Å². The fourth-order valence-electron chi connectivity index (χ4n) is 2.81. The van der Waals surface area contributed by atoms with Gasteiger partial charge in [0.05, 0.1) is 12.7 Å². The van der Waals surface area contributed by atoms with E-state index < -0.39 is 11.9 Å². The van der Waals surface area contributed by atoms with E-state index in [0.717, 1.165) is 0 Å². The van der Waals surface area contributed by atoms with E-state index in [2.05, 4.69) is 10.1 Å². The van der Waals surface area contributed by atoms with Crippen molar-refractivity contribution >= 4 is 23.6 Å². The zero-order valence-electron chi connectivity index (χ0n) is 17.2. The molecule has 1 N–H and O–H groups in total. The Balaban J connectivity index is 1.76. The van der Waals surface area contributed by atoms with Crippen LogP contribution in [0.1, 0.15) is 21.5 Å². The van der Waals surface area contributed by atoms with E-state index in [1.165, 1.54) is 43.5 Å². The van der Waals surface area contributed by atoms with Gasteiger partial charge >= 0.3 is 5.97 Å². The summed E-state index contributed by atoms with van der Waals surface area (Å²) in [6, 6.07) is 21.1. The van der Waals surface area contributed by atoms with Gasteiger partial charge in [-0.1, -0.05) is 36.4 Å². The number of nitrogens with one attached hydrogen (secondary N) is 1. The molecule has 7 heteroatoms. The lowest BCUT2D eigenvalue weighted by molar-refractivity contribution is -0.112. The van der Waals surface area contributed by atoms with Crippen LogP contribution in [0.3, 0.4) is 0 Å². The normalized spacial score (nSPS) is 10.7. The number of benzene rings is 3. The van der Waals surface area contributed by atoms with E-state index in [9.17, 15) is 19.2 Å². The Hall–Kier alpha value is -4.44. The Morgan fingerprint density at radius 1 is 1.03 bits per heavy atom. The molecule has 0 aliphatic heterocycles. The molecule has 0 saturated heterocycles. The van der Waals surface area contributed by atoms with Crippen molar-refractivity contribution in [2.45, 2.75) is 6.61 Å². The van der Waals surface area contributed by atoms with Crippen LogP contribution < -0.4 is 10.1 Å². The van der Waals surface area contributed by atoms with Gasteiger partial charge in [-0.3, -0.25) is 4.79 Å². The van der Waals surface area contributed by atoms with Crippen molar-refractivity contribution in [2.24, 2.45) is 0 Å². The third-order valence-electron chi connectivity index (χ3n) is 4.49. The van der Waals surface area contributed by atoms with E-state index in [4.69, 9.17) is 4.74 Å². The van der Waals surface area contributed by atoms with Crippen molar-refractivity contribution in [3.8, 4) is 11.8 Å². The summed E-state index contributed by atoms with van der Waals surface area (Å²) >= 11 is 0. The molecule has 3 rings (SSSR count). The predicted octanol–water partition coefficient (Wildman–Crippen LogP) is 4.74. The minimum atomic E-state index is -0.623. The first-order valence-electron chi connectivity index (χ1n) is 9.58. The van der Waals surface area contributed by atoms with Crippen molar-refractivity contribution in [3.63, 3.8) is 0 Å². The molecule has 0 fully saturated rings. The summed E-state index contributed by atoms with van der Waals surface area (Å²) in [4.78, 5) is 24.1. The number of esters is 1. The summed E-state index contributed by atoms with van der Waals surface area (Å²) in [5.41, 5.74) is 1.48. The summed E-state index contributed by atoms with van der Waals surface area (Å²) in [5.74, 6) is -1.09. The molecule has 0 heterocycles. The Bertz CT molecular complexity index is 1200. The molecular weight excluding hydrogens is 411 g/mol. The summed E-state index contributed by atoms with van der Waals surface area (Å²) in [7, 11) is 1.28. The number of hydrogen-bond donors (Lipinski definition) is 1. The number of carbonyl (C=O) groups excluding carboxylic acids is 2. The monoisotopic (exact) mass is 430 g/mol. The number of nitrogens with zero attached hydrogens (tertiary/aromatic N) is 1. The van der Waals surface area contributed by atoms with Crippen LogP contribution in [0.25, 0.3) is 6.08 Å². The van der Waals surface area contributed by atoms with Gasteiger partial charge < -0.3 is 14.8 Å². The molecule has 0 saturated carbocycles. The van der Waals surface area contributed by atoms with Gasteiger partial charge in [-0.25, -0.2) is 9.18 Å². The lowest BCUT2D eigenvalue weighted by atomic mass is 10.1. The molecule has 32 heavy (non-hydrogen) atoms. The molecular formula is C25H19FN2O4. The molecule has 1 amide bonds. The van der Waals surface area contributed by atoms with E-state index in [1.807, 2.05) is 6.07 Å². The number of nitriles is 1. The van der Waals surface area contributed by atoms with E-state index in [0.29, 0.717) is 28.1 Å². The summed E-state index contributed by atoms with van der Waals surface area (Å²) in [6.07, 6.45) is 1.40. The Morgan fingerprint density at radius 3 is 2.41 bits per heavy atom. The van der Waals surface area contributed by atoms with Crippen molar-refractivity contribution in [1.82, 2.24) is 0 Å². The highest BCUT2D eigenvalue weighted by Crippen LogP contribution is 2.23. The zero-order valence-corrected chi connectivity index (χ0v) is 17.2. The number of halogens is 1. The number of methoxy groups -OCH3 is 1. The highest BCUT2D eigenvalue weighted by Gasteiger charge is 2.13. The zero-order chi connectivity index (χ0) is 22.9. The average Bonchev–Trinajstić information content (AvgIpc) is 2.82. The van der Waals surface area contributed by atoms with Gasteiger partial charge in [0, 0.05) is 16.8 Å². The fourth-order valence-corrected chi connectivity index (χ4v) is 2.81. The number of hydrogen-bond acceptors (Lipinski definition) is 5. The minimum absolute atomic E-state index is 0.00183. The fraction of sp³-hybridized carbons (Fsp3) is 0.0800. The highest BCUT2D eigenvalue weighted by atomic mass is 19.1. The van der Waals surface area contributed by atoms with Crippen molar-refractivity contribution in [2.75, 3.05) is 12.4 Å². The SMILES string of the molecule is COC(=O)c1ccc(NC(=O)/C(C#N)=C/c2ccccc2OCc2ccccc2F)cc1. The van der Waals surface area contributed by atoms with Crippen LogP contribution in [-0.4, -0.2) is 19.0 Å². The number of amides is 1. The van der Waals surface area contributed by atoms with Crippen LogP contribution in [0.4, 0.5) is 10.1 Å². The Kier molecular flexibility index (Phi) is 7.33. The van der Waals surface area contributed by atoms with Gasteiger partial charge in [0.15, 0.2) is 0 Å². The van der Waals surface area contributed by atoms with Gasteiger partial charge in [0.1, 0.15) is 29.8 Å². The average molecular weight is 430 g/mol. The molecule has 0 spiro atoms. The van der Waals surface area contributed by atoms with Gasteiger partial charge in [-0.2, -0.15) is 5.26 Å². The summed E-state index contributed by atoms with van der Waals surface area (Å²) < 4.78 is 24.2. The third kappa shape index (κ3) is 5.58. The Morgan fingerprint density at radius 2 is 1.72 bits per heavy atom. The number of rotatable bonds is 7. The molecule has 160 valence electrons. The van der Waals surface area contributed by atoms with Crippen LogP contribution in [0.15, 0.2) is 78.4 Å². The van der Waals surface area contributed by atoms with E-state index in [1.54, 1.807) is 42.5 Å². The maximum absolute atomic E-state index is 13.8. The van der Waals surface area contributed by atoms with Crippen LogP contribution in [0.5, 0.6) is 5.75 Å². The second kappa shape index (κ2) is 10.5. The summed E-state index contributed by atoms with van der Waals surface area (Å²) in [6.45, 7) is -0.00183. The second-order valence-electron chi connectivity index (χ2n) is 6.61. The summed E-state index contributed by atoms with van der Waals surface area (Å²) in [5, 5.41) is 12.1. The van der Waals surface area contributed by atoms with Gasteiger partial charge in [0.25, 0.3) is 5.91 Å². The maximum atomic E-state index is 13.8. The molecule has 0 radical (unpaired) electrons. The lowest BCUT2D eigenvalue weighted by Crippen LogP contribution is -2.13. The van der Waals surface area contributed by atoms with Crippen LogP contribution >= 0.6 is 0 Å². The molecule has 0 aromatic heterocycles. The topological polar surface area (TPSA) is 88.4 Å². The second-order valence-corrected chi connectivity index (χ2v) is 6.61. The molecule has 0 atom stereocenters. The van der Waals surface area contributed by atoms with E-state index in [-0.39, 0.29) is 18.0 Å². The molecule has 0 aliphatic carbocycles. The third-order valence-corrected chi connectivity index (χ3v) is 4.49. The van der Waals surface area contributed by atoms with Crippen LogP contribution in [-0.2, 0) is 16.1 Å². The lowest BCUT2D eigenvalue weighted by Gasteiger charge is -2.10. The highest BCUT2D eigenvalue weighted by molar-refractivity contribution is 6.10. The maximum Gasteiger partial charge on any atom is 0.337 e. The predicted molar refractivity (Wildman–Crippen MR) is 117 cm³/mol. The standard InChI is InChI=1S/C25H19FN2O4/c1-31-25(30)17-10-12-21(13-11-17)28-24(29)20(15-27)14-18-6-3-5-9-23(18)32-16-19-7-2-4-8-22(19)26/h2-14H,16H2,1H3,(H,28,29)/b20-14+. The molecule has 0 unspecified atom stereocenters. The quantitative estimate of drug-likeness (QED) is 0.332. The van der Waals surface area contributed by atoms with Crippen LogP contribution in [0.2, 0.25) is 0 Å². The van der Waals surface area contributed by atoms with Gasteiger partial charge in [-0.05, 0) is 42.5 Å². The van der Waals surface area contributed by atoms with E-state index >= 15 is 0 Å². The molecule has 3 aromatic rings. The molecule has 3 aromatic carbocycles. The van der Waals surface area contributed by atoms with Crippen molar-refractivity contribution in [1.29, 1.82) is 5.26 Å². The van der Waals surface area contributed by atoms with Gasteiger partial charge in [0.2, 0.25) is 0 Å². The first-order chi connectivity index (χ1) is 15.5. The first-order valence-corrected chi connectivity index (χ1v) is 9.58. The number of carbonyl (C=O) groups is 2. The number of para-hydroxylation sites is 1. The number of ether oxygens (including phenoxy) is 2. The molecule has 0 bridgehead atoms. The smallest absolute Gasteiger partial charge is 0.337 e. The minimum Gasteiger partial charge on any atom is -0.488 e. The molecule has 6 nitrogen and oxygen atoms in total. The van der Waals surface area contributed by atoms with Crippen molar-refractivity contribution in [3.05, 3.63) is 101 Å². The van der Waals surface area contributed by atoms with Crippen molar-refractivity contribution < 1.29 is 23.5 Å². The largest absolute Gasteiger partial charge is 0.488 e.